The van der Waals surface area contributed by atoms with E-state index >= 15 is 0 Å². The highest BCUT2D eigenvalue weighted by molar-refractivity contribution is 7.92. The third-order valence-electron chi connectivity index (χ3n) is 5.34. The number of anilines is 4. The third kappa shape index (κ3) is 6.64. The number of pyridine rings is 1. The Kier molecular flexibility index (Phi) is 7.91. The van der Waals surface area contributed by atoms with Gasteiger partial charge in [0.15, 0.2) is 0 Å². The monoisotopic (exact) mass is 537 g/mol. The van der Waals surface area contributed by atoms with Crippen molar-refractivity contribution in [3.05, 3.63) is 65.0 Å². The molecule has 3 rings (SSSR count). The van der Waals surface area contributed by atoms with Crippen LogP contribution < -0.4 is 14.9 Å². The minimum Gasteiger partial charge on any atom is -0.365 e. The quantitative estimate of drug-likeness (QED) is 0.447. The van der Waals surface area contributed by atoms with E-state index in [1.54, 1.807) is 51.4 Å². The Bertz CT molecular complexity index is 1410. The molecule has 2 heterocycles. The van der Waals surface area contributed by atoms with Gasteiger partial charge in [-0.3, -0.25) is 9.10 Å². The van der Waals surface area contributed by atoms with Gasteiger partial charge in [-0.05, 0) is 30.7 Å². The highest BCUT2D eigenvalue weighted by Crippen LogP contribution is 2.35. The van der Waals surface area contributed by atoms with Crippen molar-refractivity contribution in [1.29, 1.82) is 0 Å². The molecular weight excluding hydrogens is 511 g/mol. The fourth-order valence-corrected chi connectivity index (χ4v) is 3.72. The van der Waals surface area contributed by atoms with E-state index < -0.39 is 27.6 Å². The minimum absolute atomic E-state index is 0.0662. The first kappa shape index (κ1) is 27.6. The zero-order valence-corrected chi connectivity index (χ0v) is 21.6. The van der Waals surface area contributed by atoms with Crippen LogP contribution in [-0.4, -0.2) is 61.6 Å². The minimum atomic E-state index is -4.75. The number of amides is 1. The molecular formula is C23H26F3N7O3S. The lowest BCUT2D eigenvalue weighted by Gasteiger charge is -2.20. The van der Waals surface area contributed by atoms with Gasteiger partial charge < -0.3 is 15.5 Å². The molecule has 14 heteroatoms. The first-order valence-electron chi connectivity index (χ1n) is 10.8. The fraction of sp³-hybridized carbons (Fsp3) is 0.304. The van der Waals surface area contributed by atoms with Crippen LogP contribution in [-0.2, 0) is 22.7 Å². The number of halogens is 3. The number of benzene rings is 1. The zero-order chi connectivity index (χ0) is 27.5. The van der Waals surface area contributed by atoms with E-state index in [1.807, 2.05) is 0 Å². The first-order valence-corrected chi connectivity index (χ1v) is 12.7. The highest BCUT2D eigenvalue weighted by atomic mass is 32.2. The topological polar surface area (TPSA) is 120 Å². The molecule has 10 nitrogen and oxygen atoms in total. The molecule has 1 amide bonds. The van der Waals surface area contributed by atoms with Crippen LogP contribution in [0.5, 0.6) is 0 Å². The van der Waals surface area contributed by atoms with Gasteiger partial charge in [-0.1, -0.05) is 12.1 Å². The molecule has 1 aromatic carbocycles. The molecule has 0 aliphatic carbocycles. The summed E-state index contributed by atoms with van der Waals surface area (Å²) < 4.78 is 65.9. The molecule has 198 valence electrons. The van der Waals surface area contributed by atoms with E-state index in [2.05, 4.69) is 25.6 Å². The molecule has 3 aromatic rings. The maximum atomic E-state index is 13.7. The van der Waals surface area contributed by atoms with Gasteiger partial charge in [-0.25, -0.2) is 18.4 Å². The Labute approximate surface area is 212 Å². The van der Waals surface area contributed by atoms with Crippen molar-refractivity contribution in [3.63, 3.8) is 0 Å². The van der Waals surface area contributed by atoms with Crippen molar-refractivity contribution in [1.82, 2.24) is 19.9 Å². The van der Waals surface area contributed by atoms with Gasteiger partial charge >= 0.3 is 6.18 Å². The second-order valence-electron chi connectivity index (χ2n) is 8.38. The highest BCUT2D eigenvalue weighted by Gasteiger charge is 2.35. The fourth-order valence-electron chi connectivity index (χ4n) is 3.24. The molecule has 0 unspecified atom stereocenters. The SMILES string of the molecule is Cc1ccc(C(=O)N(C)C)cc1Nc1ncc(C(F)(F)F)c(NCc2cccnc2N(C)S(C)(=O)=O)n1. The molecule has 0 atom stereocenters. The molecule has 0 aliphatic heterocycles. The number of aromatic nitrogens is 3. The summed E-state index contributed by atoms with van der Waals surface area (Å²) in [5, 5.41) is 5.51. The van der Waals surface area contributed by atoms with Gasteiger partial charge in [-0.2, -0.15) is 18.2 Å². The molecule has 2 aromatic heterocycles. The number of alkyl halides is 3. The summed E-state index contributed by atoms with van der Waals surface area (Å²) in [7, 11) is 0.855. The average molecular weight is 538 g/mol. The van der Waals surface area contributed by atoms with Crippen LogP contribution in [0.15, 0.2) is 42.7 Å². The molecule has 37 heavy (non-hydrogen) atoms. The number of carbonyl (C=O) groups is 1. The normalized spacial score (nSPS) is 11.7. The van der Waals surface area contributed by atoms with Gasteiger partial charge in [0.2, 0.25) is 16.0 Å². The maximum absolute atomic E-state index is 13.7. The van der Waals surface area contributed by atoms with Gasteiger partial charge in [0.05, 0.1) is 6.26 Å². The number of sulfonamides is 1. The van der Waals surface area contributed by atoms with Crippen LogP contribution >= 0.6 is 0 Å². The molecule has 0 saturated carbocycles. The lowest BCUT2D eigenvalue weighted by molar-refractivity contribution is -0.137. The number of nitrogens with one attached hydrogen (secondary N) is 2. The number of hydrogen-bond donors (Lipinski definition) is 2. The largest absolute Gasteiger partial charge is 0.421 e. The van der Waals surface area contributed by atoms with Crippen molar-refractivity contribution in [3.8, 4) is 0 Å². The van der Waals surface area contributed by atoms with Crippen molar-refractivity contribution < 1.29 is 26.4 Å². The molecule has 0 fully saturated rings. The van der Waals surface area contributed by atoms with Crippen LogP contribution in [0.1, 0.15) is 27.0 Å². The van der Waals surface area contributed by atoms with Gasteiger partial charge in [-0.15, -0.1) is 0 Å². The van der Waals surface area contributed by atoms with E-state index in [0.717, 1.165) is 16.1 Å². The van der Waals surface area contributed by atoms with Crippen LogP contribution in [0.4, 0.5) is 36.4 Å². The Hall–Kier alpha value is -3.94. The Morgan fingerprint density at radius 1 is 1.11 bits per heavy atom. The van der Waals surface area contributed by atoms with Crippen LogP contribution in [0, 0.1) is 6.92 Å². The third-order valence-corrected chi connectivity index (χ3v) is 6.51. The Morgan fingerprint density at radius 2 is 1.81 bits per heavy atom. The molecule has 0 saturated heterocycles. The number of carbonyl (C=O) groups excluding carboxylic acids is 1. The smallest absolute Gasteiger partial charge is 0.365 e. The van der Waals surface area contributed by atoms with Gasteiger partial charge in [0.1, 0.15) is 17.2 Å². The van der Waals surface area contributed by atoms with Crippen LogP contribution in [0.25, 0.3) is 0 Å². The van der Waals surface area contributed by atoms with Crippen molar-refractivity contribution in [2.45, 2.75) is 19.6 Å². The van der Waals surface area contributed by atoms with E-state index in [4.69, 9.17) is 0 Å². The van der Waals surface area contributed by atoms with Crippen LogP contribution in [0.3, 0.4) is 0 Å². The summed E-state index contributed by atoms with van der Waals surface area (Å²) in [6, 6.07) is 7.99. The van der Waals surface area contributed by atoms with E-state index in [9.17, 15) is 26.4 Å². The number of aryl methyl sites for hydroxylation is 1. The molecule has 2 N–H and O–H groups in total. The molecule has 0 bridgehead atoms. The summed E-state index contributed by atoms with van der Waals surface area (Å²) in [5.41, 5.74) is 0.776. The Morgan fingerprint density at radius 3 is 2.43 bits per heavy atom. The van der Waals surface area contributed by atoms with E-state index in [0.29, 0.717) is 23.0 Å². The lowest BCUT2D eigenvalue weighted by atomic mass is 10.1. The maximum Gasteiger partial charge on any atom is 0.421 e. The van der Waals surface area contributed by atoms with Crippen LogP contribution in [0.2, 0.25) is 0 Å². The summed E-state index contributed by atoms with van der Waals surface area (Å²) in [6.45, 7) is 1.56. The number of nitrogens with zero attached hydrogens (tertiary/aromatic N) is 5. The molecule has 0 spiro atoms. The standard InChI is InChI=1S/C23H26F3N7O3S/c1-14-8-9-15(21(34)32(2)3)11-18(14)30-22-29-13-17(23(24,25)26)19(31-22)28-12-16-7-6-10-27-20(16)33(4)37(5,35)36/h6-11,13H,12H2,1-5H3,(H2,28,29,30,31). The lowest BCUT2D eigenvalue weighted by Crippen LogP contribution is -2.27. The summed E-state index contributed by atoms with van der Waals surface area (Å²) >= 11 is 0. The average Bonchev–Trinajstić information content (AvgIpc) is 2.82. The van der Waals surface area contributed by atoms with E-state index in [1.165, 1.54) is 18.1 Å². The number of rotatable bonds is 8. The molecule has 0 aliphatic rings. The van der Waals surface area contributed by atoms with Crippen molar-refractivity contribution in [2.75, 3.05) is 42.3 Å². The van der Waals surface area contributed by atoms with E-state index in [-0.39, 0.29) is 24.2 Å². The second kappa shape index (κ2) is 10.6. The zero-order valence-electron chi connectivity index (χ0n) is 20.8. The van der Waals surface area contributed by atoms with Gasteiger partial charge in [0, 0.05) is 56.9 Å². The Balaban J connectivity index is 1.95. The summed E-state index contributed by atoms with van der Waals surface area (Å²) in [4.78, 5) is 25.6. The summed E-state index contributed by atoms with van der Waals surface area (Å²) in [5.74, 6) is -0.825. The number of hydrogen-bond acceptors (Lipinski definition) is 8. The van der Waals surface area contributed by atoms with Crippen molar-refractivity contribution >= 4 is 39.2 Å². The second-order valence-corrected chi connectivity index (χ2v) is 10.4. The molecule has 0 radical (unpaired) electrons. The van der Waals surface area contributed by atoms with Gasteiger partial charge in [0.25, 0.3) is 5.91 Å². The predicted molar refractivity (Wildman–Crippen MR) is 134 cm³/mol. The first-order chi connectivity index (χ1) is 17.2. The van der Waals surface area contributed by atoms with Crippen molar-refractivity contribution in [2.24, 2.45) is 0 Å². The summed E-state index contributed by atoms with van der Waals surface area (Å²) in [6.07, 6.45) is -1.73. The predicted octanol–water partition coefficient (Wildman–Crippen LogP) is 3.65.